The van der Waals surface area contributed by atoms with Gasteiger partial charge in [-0.05, 0) is 37.6 Å². The standard InChI is InChI=1S/C11H10BrNO2/c1-6-7(2)13(11(14)15)10-4-3-8(12)5-9(6)10/h3-5H,1-2H3,(H,14,15). The molecule has 0 aliphatic rings. The lowest BCUT2D eigenvalue weighted by Crippen LogP contribution is -2.09. The molecule has 1 aromatic heterocycles. The monoisotopic (exact) mass is 267 g/mol. The summed E-state index contributed by atoms with van der Waals surface area (Å²) in [5.74, 6) is 0. The molecule has 0 spiro atoms. The zero-order valence-corrected chi connectivity index (χ0v) is 10.00. The van der Waals surface area contributed by atoms with E-state index in [4.69, 9.17) is 5.11 Å². The third kappa shape index (κ3) is 1.45. The van der Waals surface area contributed by atoms with Gasteiger partial charge in [0.2, 0.25) is 0 Å². The van der Waals surface area contributed by atoms with Gasteiger partial charge in [-0.3, -0.25) is 0 Å². The second kappa shape index (κ2) is 3.38. The number of carbonyl (C=O) groups is 1. The minimum Gasteiger partial charge on any atom is -0.464 e. The molecule has 3 nitrogen and oxygen atoms in total. The zero-order valence-electron chi connectivity index (χ0n) is 8.41. The number of fused-ring (bicyclic) bond motifs is 1. The van der Waals surface area contributed by atoms with Crippen LogP contribution in [0.1, 0.15) is 11.3 Å². The van der Waals surface area contributed by atoms with Crippen molar-refractivity contribution in [2.45, 2.75) is 13.8 Å². The van der Waals surface area contributed by atoms with Crippen LogP contribution in [0.25, 0.3) is 10.9 Å². The van der Waals surface area contributed by atoms with E-state index in [2.05, 4.69) is 15.9 Å². The van der Waals surface area contributed by atoms with E-state index in [1.165, 1.54) is 4.57 Å². The highest BCUT2D eigenvalue weighted by atomic mass is 79.9. The van der Waals surface area contributed by atoms with Crippen molar-refractivity contribution in [1.82, 2.24) is 4.57 Å². The van der Waals surface area contributed by atoms with Crippen molar-refractivity contribution in [3.8, 4) is 0 Å². The Morgan fingerprint density at radius 2 is 2.07 bits per heavy atom. The molecule has 1 N–H and O–H groups in total. The molecule has 1 heterocycles. The Bertz CT molecular complexity index is 557. The smallest absolute Gasteiger partial charge is 0.416 e. The van der Waals surface area contributed by atoms with Crippen LogP contribution in [0.3, 0.4) is 0 Å². The minimum atomic E-state index is -0.937. The summed E-state index contributed by atoms with van der Waals surface area (Å²) in [5, 5.41) is 10.1. The lowest BCUT2D eigenvalue weighted by Gasteiger charge is -2.00. The average molecular weight is 268 g/mol. The molecule has 0 radical (unpaired) electrons. The minimum absolute atomic E-state index is 0.737. The number of benzene rings is 1. The summed E-state index contributed by atoms with van der Waals surface area (Å²) < 4.78 is 2.28. The fraction of sp³-hybridized carbons (Fsp3) is 0.182. The first-order valence-corrected chi connectivity index (χ1v) is 5.32. The van der Waals surface area contributed by atoms with Crippen molar-refractivity contribution in [3.63, 3.8) is 0 Å². The van der Waals surface area contributed by atoms with Gasteiger partial charge in [0.25, 0.3) is 0 Å². The van der Waals surface area contributed by atoms with Gasteiger partial charge >= 0.3 is 6.09 Å². The molecule has 0 aliphatic carbocycles. The predicted octanol–water partition coefficient (Wildman–Crippen LogP) is 3.55. The second-order valence-electron chi connectivity index (χ2n) is 3.49. The lowest BCUT2D eigenvalue weighted by molar-refractivity contribution is 0.197. The Labute approximate surface area is 95.5 Å². The fourth-order valence-corrected chi connectivity index (χ4v) is 2.15. The molecule has 2 rings (SSSR count). The summed E-state index contributed by atoms with van der Waals surface area (Å²) in [6, 6.07) is 5.60. The van der Waals surface area contributed by atoms with E-state index in [1.807, 2.05) is 32.0 Å². The average Bonchev–Trinajstić information content (AvgIpc) is 2.41. The molecular weight excluding hydrogens is 258 g/mol. The SMILES string of the molecule is Cc1c(C)n(C(=O)O)c2ccc(Br)cc12. The third-order valence-corrected chi connectivity index (χ3v) is 3.17. The third-order valence-electron chi connectivity index (χ3n) is 2.67. The largest absolute Gasteiger partial charge is 0.464 e. The Kier molecular flexibility index (Phi) is 2.31. The van der Waals surface area contributed by atoms with Gasteiger partial charge in [0.1, 0.15) is 0 Å². The molecule has 0 saturated carbocycles. The second-order valence-corrected chi connectivity index (χ2v) is 4.41. The fourth-order valence-electron chi connectivity index (χ4n) is 1.79. The molecule has 0 unspecified atom stereocenters. The lowest BCUT2D eigenvalue weighted by atomic mass is 10.2. The van der Waals surface area contributed by atoms with Gasteiger partial charge in [-0.15, -0.1) is 0 Å². The van der Waals surface area contributed by atoms with E-state index in [-0.39, 0.29) is 0 Å². The van der Waals surface area contributed by atoms with Gasteiger partial charge in [0.15, 0.2) is 0 Å². The van der Waals surface area contributed by atoms with Crippen LogP contribution in [0.15, 0.2) is 22.7 Å². The van der Waals surface area contributed by atoms with E-state index < -0.39 is 6.09 Å². The van der Waals surface area contributed by atoms with Crippen LogP contribution in [0.2, 0.25) is 0 Å². The number of aromatic nitrogens is 1. The maximum absolute atomic E-state index is 11.1. The van der Waals surface area contributed by atoms with Crippen molar-refractivity contribution >= 4 is 32.9 Å². The van der Waals surface area contributed by atoms with Gasteiger partial charge in [0, 0.05) is 15.6 Å². The van der Waals surface area contributed by atoms with Crippen molar-refractivity contribution in [2.75, 3.05) is 0 Å². The van der Waals surface area contributed by atoms with Crippen LogP contribution in [0, 0.1) is 13.8 Å². The summed E-state index contributed by atoms with van der Waals surface area (Å²) in [7, 11) is 0. The molecule has 1 aromatic carbocycles. The van der Waals surface area contributed by atoms with Crippen LogP contribution in [0.4, 0.5) is 4.79 Å². The maximum Gasteiger partial charge on any atom is 0.416 e. The first-order valence-electron chi connectivity index (χ1n) is 4.53. The van der Waals surface area contributed by atoms with E-state index in [1.54, 1.807) is 0 Å². The van der Waals surface area contributed by atoms with Gasteiger partial charge in [-0.25, -0.2) is 9.36 Å². The maximum atomic E-state index is 11.1. The summed E-state index contributed by atoms with van der Waals surface area (Å²) in [5.41, 5.74) is 2.52. The first kappa shape index (κ1) is 10.2. The topological polar surface area (TPSA) is 42.2 Å². The van der Waals surface area contributed by atoms with E-state index >= 15 is 0 Å². The van der Waals surface area contributed by atoms with E-state index in [9.17, 15) is 4.79 Å². The number of aryl methyl sites for hydroxylation is 1. The Morgan fingerprint density at radius 3 is 2.67 bits per heavy atom. The molecule has 4 heteroatoms. The zero-order chi connectivity index (χ0) is 11.2. The number of hydrogen-bond acceptors (Lipinski definition) is 1. The van der Waals surface area contributed by atoms with Crippen molar-refractivity contribution in [1.29, 1.82) is 0 Å². The van der Waals surface area contributed by atoms with Crippen LogP contribution in [0.5, 0.6) is 0 Å². The molecule has 0 aliphatic heterocycles. The molecule has 0 saturated heterocycles. The highest BCUT2D eigenvalue weighted by molar-refractivity contribution is 9.10. The number of nitrogens with zero attached hydrogens (tertiary/aromatic N) is 1. The number of rotatable bonds is 0. The van der Waals surface area contributed by atoms with Crippen LogP contribution in [-0.4, -0.2) is 15.8 Å². The molecule has 0 atom stereocenters. The van der Waals surface area contributed by atoms with Gasteiger partial charge in [-0.1, -0.05) is 15.9 Å². The Morgan fingerprint density at radius 1 is 1.40 bits per heavy atom. The summed E-state index contributed by atoms with van der Waals surface area (Å²) in [6.45, 7) is 3.75. The highest BCUT2D eigenvalue weighted by Gasteiger charge is 2.14. The highest BCUT2D eigenvalue weighted by Crippen LogP contribution is 2.27. The number of halogens is 1. The summed E-state index contributed by atoms with van der Waals surface area (Å²) in [6.07, 6.45) is -0.937. The molecule has 0 bridgehead atoms. The molecule has 0 amide bonds. The van der Waals surface area contributed by atoms with E-state index in [0.717, 1.165) is 26.6 Å². The Balaban J connectivity index is 2.93. The summed E-state index contributed by atoms with van der Waals surface area (Å²) >= 11 is 3.38. The molecule has 2 aromatic rings. The van der Waals surface area contributed by atoms with Crippen LogP contribution < -0.4 is 0 Å². The first-order chi connectivity index (χ1) is 7.02. The predicted molar refractivity (Wildman–Crippen MR) is 62.5 cm³/mol. The molecule has 15 heavy (non-hydrogen) atoms. The quantitative estimate of drug-likeness (QED) is 0.793. The van der Waals surface area contributed by atoms with Crippen molar-refractivity contribution in [2.24, 2.45) is 0 Å². The van der Waals surface area contributed by atoms with Crippen molar-refractivity contribution in [3.05, 3.63) is 33.9 Å². The summed E-state index contributed by atoms with van der Waals surface area (Å²) in [4.78, 5) is 11.1. The van der Waals surface area contributed by atoms with E-state index in [0.29, 0.717) is 0 Å². The number of hydrogen-bond donors (Lipinski definition) is 1. The van der Waals surface area contributed by atoms with Crippen LogP contribution in [-0.2, 0) is 0 Å². The number of carboxylic acid groups (broad SMARTS) is 1. The van der Waals surface area contributed by atoms with Gasteiger partial charge in [0.05, 0.1) is 5.52 Å². The molecule has 0 fully saturated rings. The van der Waals surface area contributed by atoms with Gasteiger partial charge in [-0.2, -0.15) is 0 Å². The Hall–Kier alpha value is -1.29. The van der Waals surface area contributed by atoms with Crippen molar-refractivity contribution < 1.29 is 9.90 Å². The van der Waals surface area contributed by atoms with Gasteiger partial charge < -0.3 is 5.11 Å². The molecule has 78 valence electrons. The normalized spacial score (nSPS) is 10.9. The molecular formula is C11H10BrNO2. The van der Waals surface area contributed by atoms with Crippen LogP contribution >= 0.6 is 15.9 Å².